The van der Waals surface area contributed by atoms with E-state index in [1.807, 2.05) is 0 Å². The average Bonchev–Trinajstić information content (AvgIpc) is 3.17. The second-order valence-electron chi connectivity index (χ2n) is 7.78. The van der Waals surface area contributed by atoms with Crippen LogP contribution in [0, 0.1) is 0 Å². The van der Waals surface area contributed by atoms with Crippen molar-refractivity contribution in [3.8, 4) is 0 Å². The van der Waals surface area contributed by atoms with Gasteiger partial charge in [0.1, 0.15) is 31.0 Å². The number of hydrogen-bond acceptors (Lipinski definition) is 12. The first kappa shape index (κ1) is 23.9. The van der Waals surface area contributed by atoms with Gasteiger partial charge in [0.05, 0.1) is 18.7 Å². The zero-order valence-electron chi connectivity index (χ0n) is 17.6. The van der Waals surface area contributed by atoms with Crippen molar-refractivity contribution in [1.82, 2.24) is 26.2 Å². The van der Waals surface area contributed by atoms with Crippen molar-refractivity contribution in [2.24, 2.45) is 10.7 Å². The summed E-state index contributed by atoms with van der Waals surface area (Å²) >= 11 is 0. The lowest BCUT2D eigenvalue weighted by atomic mass is 9.94. The number of guanidine groups is 1. The molecule has 0 spiro atoms. The molecule has 8 unspecified atom stereocenters. The fraction of sp³-hybridized carbons (Fsp3) is 0.765. The quantitative estimate of drug-likeness (QED) is 0.187. The zero-order chi connectivity index (χ0) is 23.6. The number of β-amino-alcohol motifs (C(OH)–C–C–N with tert-alkyl or cyclic N) is 1. The van der Waals surface area contributed by atoms with E-state index in [2.05, 4.69) is 26.3 Å². The van der Waals surface area contributed by atoms with Crippen LogP contribution in [-0.2, 0) is 19.1 Å². The van der Waals surface area contributed by atoms with Gasteiger partial charge < -0.3 is 56.7 Å². The summed E-state index contributed by atoms with van der Waals surface area (Å²) in [6.45, 7) is -0.414. The molecule has 0 radical (unpaired) electrons. The standard InChI is InChI=1S/C17H29N7O8/c1-19-4-8(26)24(2)11-13(28)12(27)7(5-31-16(18)30)32-15(11)23-17-21-9-6(25)3-20-14(29)10(9)22-17/h6-7,9-13,15,19,25,27-28H,3-5H2,1-2H3,(H2,18,30)(H,20,29)(H2,21,22,23). The summed E-state index contributed by atoms with van der Waals surface area (Å²) in [6, 6.07) is -2.63. The number of ether oxygens (including phenoxy) is 2. The Morgan fingerprint density at radius 1 is 1.34 bits per heavy atom. The van der Waals surface area contributed by atoms with Crippen LogP contribution in [-0.4, -0.2) is 127 Å². The van der Waals surface area contributed by atoms with Crippen molar-refractivity contribution in [1.29, 1.82) is 0 Å². The van der Waals surface area contributed by atoms with Gasteiger partial charge in [0, 0.05) is 13.6 Å². The first-order chi connectivity index (χ1) is 15.1. The number of carbonyl (C=O) groups is 3. The fourth-order valence-electron chi connectivity index (χ4n) is 3.92. The Labute approximate surface area is 183 Å². The molecule has 3 rings (SSSR count). The SMILES string of the molecule is CNCC(=O)N(C)C1C(NC2=NC3C(=O)NCC(O)C3N2)OC(COC(N)=O)C(O)C1O. The van der Waals surface area contributed by atoms with Gasteiger partial charge in [0.2, 0.25) is 11.8 Å². The van der Waals surface area contributed by atoms with E-state index in [1.54, 1.807) is 7.05 Å². The van der Waals surface area contributed by atoms with Crippen molar-refractivity contribution in [3.05, 3.63) is 0 Å². The van der Waals surface area contributed by atoms with E-state index in [0.717, 1.165) is 0 Å². The van der Waals surface area contributed by atoms with Gasteiger partial charge in [-0.3, -0.25) is 9.59 Å². The van der Waals surface area contributed by atoms with Gasteiger partial charge in [0.15, 0.2) is 18.2 Å². The maximum atomic E-state index is 12.4. The highest BCUT2D eigenvalue weighted by Crippen LogP contribution is 2.25. The first-order valence-electron chi connectivity index (χ1n) is 10.0. The molecule has 3 aliphatic rings. The molecule has 0 aromatic carbocycles. The number of nitrogens with zero attached hydrogens (tertiary/aromatic N) is 2. The Hall–Kier alpha value is -2.72. The number of aliphatic hydroxyl groups is 3. The molecular weight excluding hydrogens is 430 g/mol. The average molecular weight is 459 g/mol. The highest BCUT2D eigenvalue weighted by molar-refractivity contribution is 5.92. The Morgan fingerprint density at radius 3 is 2.69 bits per heavy atom. The van der Waals surface area contributed by atoms with Gasteiger partial charge >= 0.3 is 6.09 Å². The Bertz CT molecular complexity index is 767. The molecule has 15 heteroatoms. The zero-order valence-corrected chi connectivity index (χ0v) is 17.6. The number of fused-ring (bicyclic) bond motifs is 1. The molecule has 3 aliphatic heterocycles. The molecule has 3 amide bonds. The van der Waals surface area contributed by atoms with E-state index in [4.69, 9.17) is 15.2 Å². The summed E-state index contributed by atoms with van der Waals surface area (Å²) in [7, 11) is 3.01. The normalized spacial score (nSPS) is 36.3. The van der Waals surface area contributed by atoms with Crippen molar-refractivity contribution in [3.63, 3.8) is 0 Å². The van der Waals surface area contributed by atoms with E-state index in [-0.39, 0.29) is 25.0 Å². The van der Waals surface area contributed by atoms with Crippen molar-refractivity contribution < 1.29 is 39.2 Å². The number of piperidine rings is 1. The van der Waals surface area contributed by atoms with Gasteiger partial charge in [-0.15, -0.1) is 0 Å². The van der Waals surface area contributed by atoms with E-state index in [9.17, 15) is 29.7 Å². The van der Waals surface area contributed by atoms with E-state index in [0.29, 0.717) is 0 Å². The van der Waals surface area contributed by atoms with Crippen LogP contribution in [0.3, 0.4) is 0 Å². The number of nitrogens with one attached hydrogen (secondary N) is 4. The number of hydrogen-bond donors (Lipinski definition) is 8. The third-order valence-electron chi connectivity index (χ3n) is 5.63. The minimum atomic E-state index is -1.50. The number of rotatable bonds is 6. The number of aliphatic imine (C=N–C) groups is 1. The highest BCUT2D eigenvalue weighted by atomic mass is 16.6. The number of likely N-dealkylation sites (N-methyl/N-ethyl adjacent to an activating group) is 2. The third-order valence-corrected chi connectivity index (χ3v) is 5.63. The molecule has 3 heterocycles. The molecule has 0 saturated carbocycles. The molecule has 0 aromatic rings. The highest BCUT2D eigenvalue weighted by Gasteiger charge is 2.49. The smallest absolute Gasteiger partial charge is 0.404 e. The number of nitrogens with two attached hydrogens (primary N) is 1. The fourth-order valence-corrected chi connectivity index (χ4v) is 3.92. The molecule has 8 atom stereocenters. The Kier molecular flexibility index (Phi) is 7.35. The van der Waals surface area contributed by atoms with E-state index in [1.165, 1.54) is 11.9 Å². The third kappa shape index (κ3) is 4.86. The van der Waals surface area contributed by atoms with Crippen LogP contribution in [0.5, 0.6) is 0 Å². The topological polar surface area (TPSA) is 220 Å². The number of amides is 3. The van der Waals surface area contributed by atoms with Gasteiger partial charge in [-0.1, -0.05) is 0 Å². The summed E-state index contributed by atoms with van der Waals surface area (Å²) < 4.78 is 10.5. The predicted octanol–water partition coefficient (Wildman–Crippen LogP) is -5.65. The molecule has 0 aromatic heterocycles. The Balaban J connectivity index is 1.82. The monoisotopic (exact) mass is 459 g/mol. The first-order valence-corrected chi connectivity index (χ1v) is 10.0. The summed E-state index contributed by atoms with van der Waals surface area (Å²) in [5, 5.41) is 42.4. The largest absolute Gasteiger partial charge is 0.447 e. The number of primary amides is 1. The van der Waals surface area contributed by atoms with Crippen LogP contribution in [0.1, 0.15) is 0 Å². The lowest BCUT2D eigenvalue weighted by Crippen LogP contribution is -2.69. The van der Waals surface area contributed by atoms with Crippen LogP contribution < -0.4 is 27.0 Å². The molecule has 180 valence electrons. The molecule has 0 bridgehead atoms. The molecule has 32 heavy (non-hydrogen) atoms. The van der Waals surface area contributed by atoms with Crippen LogP contribution >= 0.6 is 0 Å². The molecule has 0 aliphatic carbocycles. The number of carbonyl (C=O) groups excluding carboxylic acids is 3. The second-order valence-corrected chi connectivity index (χ2v) is 7.78. The number of aliphatic hydroxyl groups excluding tert-OH is 3. The van der Waals surface area contributed by atoms with Crippen LogP contribution in [0.4, 0.5) is 4.79 Å². The van der Waals surface area contributed by atoms with Crippen molar-refractivity contribution in [2.75, 3.05) is 33.8 Å². The van der Waals surface area contributed by atoms with Crippen molar-refractivity contribution >= 4 is 23.9 Å². The lowest BCUT2D eigenvalue weighted by Gasteiger charge is -2.46. The van der Waals surface area contributed by atoms with Crippen molar-refractivity contribution in [2.45, 2.75) is 48.8 Å². The summed E-state index contributed by atoms with van der Waals surface area (Å²) in [6.07, 6.45) is -7.27. The molecule has 9 N–H and O–H groups in total. The summed E-state index contributed by atoms with van der Waals surface area (Å²) in [5.41, 5.74) is 4.97. The summed E-state index contributed by atoms with van der Waals surface area (Å²) in [4.78, 5) is 40.9. The van der Waals surface area contributed by atoms with E-state index >= 15 is 0 Å². The maximum absolute atomic E-state index is 12.4. The van der Waals surface area contributed by atoms with Crippen LogP contribution in [0.2, 0.25) is 0 Å². The predicted molar refractivity (Wildman–Crippen MR) is 107 cm³/mol. The van der Waals surface area contributed by atoms with Gasteiger partial charge in [-0.25, -0.2) is 9.79 Å². The lowest BCUT2D eigenvalue weighted by molar-refractivity contribution is -0.215. The Morgan fingerprint density at radius 2 is 2.06 bits per heavy atom. The molecule has 2 fully saturated rings. The molecule has 15 nitrogen and oxygen atoms in total. The minimum absolute atomic E-state index is 0.0353. The maximum Gasteiger partial charge on any atom is 0.404 e. The van der Waals surface area contributed by atoms with Gasteiger partial charge in [0.25, 0.3) is 0 Å². The summed E-state index contributed by atoms with van der Waals surface area (Å²) in [5.74, 6) is -0.662. The molecular formula is C17H29N7O8. The van der Waals surface area contributed by atoms with Gasteiger partial charge in [-0.2, -0.15) is 0 Å². The van der Waals surface area contributed by atoms with Crippen LogP contribution in [0.15, 0.2) is 4.99 Å². The molecule has 2 saturated heterocycles. The van der Waals surface area contributed by atoms with Crippen LogP contribution in [0.25, 0.3) is 0 Å². The van der Waals surface area contributed by atoms with Gasteiger partial charge in [-0.05, 0) is 7.05 Å². The minimum Gasteiger partial charge on any atom is -0.447 e. The van der Waals surface area contributed by atoms with E-state index < -0.39 is 67.4 Å². The second kappa shape index (κ2) is 9.83.